The number of ether oxygens (including phenoxy) is 1. The SMILES string of the molecule is COc1cccc(NC(=O)/C(C#N)=C\c2cc(C)n(-c3cc(C)ccc3C)c2C)c1. The summed E-state index contributed by atoms with van der Waals surface area (Å²) in [7, 11) is 1.56. The average molecular weight is 399 g/mol. The molecule has 0 aliphatic rings. The number of anilines is 1. The van der Waals surface area contributed by atoms with Crippen molar-refractivity contribution < 1.29 is 9.53 Å². The number of aryl methyl sites for hydroxylation is 3. The van der Waals surface area contributed by atoms with Gasteiger partial charge in [0, 0.05) is 28.8 Å². The minimum Gasteiger partial charge on any atom is -0.497 e. The normalized spacial score (nSPS) is 11.1. The van der Waals surface area contributed by atoms with E-state index in [1.54, 1.807) is 37.5 Å². The molecule has 0 spiro atoms. The molecule has 2 aromatic carbocycles. The minimum absolute atomic E-state index is 0.0408. The van der Waals surface area contributed by atoms with Crippen LogP contribution in [0.5, 0.6) is 5.75 Å². The van der Waals surface area contributed by atoms with Crippen LogP contribution in [0.1, 0.15) is 28.1 Å². The highest BCUT2D eigenvalue weighted by atomic mass is 16.5. The van der Waals surface area contributed by atoms with Gasteiger partial charge >= 0.3 is 0 Å². The number of nitrogens with zero attached hydrogens (tertiary/aromatic N) is 2. The topological polar surface area (TPSA) is 67.0 Å². The zero-order valence-corrected chi connectivity index (χ0v) is 17.9. The third-order valence-corrected chi connectivity index (χ3v) is 5.07. The number of nitriles is 1. The predicted molar refractivity (Wildman–Crippen MR) is 120 cm³/mol. The van der Waals surface area contributed by atoms with Crippen molar-refractivity contribution in [2.24, 2.45) is 0 Å². The van der Waals surface area contributed by atoms with Gasteiger partial charge in [-0.1, -0.05) is 18.2 Å². The van der Waals surface area contributed by atoms with Crippen LogP contribution >= 0.6 is 0 Å². The minimum atomic E-state index is -0.456. The van der Waals surface area contributed by atoms with Gasteiger partial charge in [-0.2, -0.15) is 5.26 Å². The van der Waals surface area contributed by atoms with Crippen LogP contribution in [-0.2, 0) is 4.79 Å². The highest BCUT2D eigenvalue weighted by Gasteiger charge is 2.15. The molecule has 3 rings (SSSR count). The molecule has 0 saturated carbocycles. The number of benzene rings is 2. The Labute approximate surface area is 177 Å². The molecule has 152 valence electrons. The lowest BCUT2D eigenvalue weighted by Gasteiger charge is -2.13. The fourth-order valence-electron chi connectivity index (χ4n) is 3.47. The number of nitrogens with one attached hydrogen (secondary N) is 1. The van der Waals surface area contributed by atoms with Crippen molar-refractivity contribution in [1.82, 2.24) is 4.57 Å². The van der Waals surface area contributed by atoms with Crippen LogP contribution in [-0.4, -0.2) is 17.6 Å². The molecule has 0 saturated heterocycles. The van der Waals surface area contributed by atoms with E-state index in [9.17, 15) is 10.1 Å². The quantitative estimate of drug-likeness (QED) is 0.470. The molecular weight excluding hydrogens is 374 g/mol. The zero-order chi connectivity index (χ0) is 21.8. The van der Waals surface area contributed by atoms with Crippen molar-refractivity contribution in [3.05, 3.63) is 82.2 Å². The number of amides is 1. The lowest BCUT2D eigenvalue weighted by Crippen LogP contribution is -2.13. The van der Waals surface area contributed by atoms with E-state index in [0.29, 0.717) is 11.4 Å². The molecule has 0 fully saturated rings. The molecule has 3 aromatic rings. The van der Waals surface area contributed by atoms with Crippen LogP contribution in [0.15, 0.2) is 54.1 Å². The van der Waals surface area contributed by atoms with Gasteiger partial charge in [0.05, 0.1) is 7.11 Å². The number of carbonyl (C=O) groups excluding carboxylic acids is 1. The van der Waals surface area contributed by atoms with Crippen molar-refractivity contribution in [2.75, 3.05) is 12.4 Å². The van der Waals surface area contributed by atoms with Gasteiger partial charge in [-0.3, -0.25) is 4.79 Å². The van der Waals surface area contributed by atoms with Gasteiger partial charge in [-0.05, 0) is 74.7 Å². The van der Waals surface area contributed by atoms with Gasteiger partial charge in [0.1, 0.15) is 17.4 Å². The van der Waals surface area contributed by atoms with Gasteiger partial charge in [0.25, 0.3) is 5.91 Å². The average Bonchev–Trinajstić information content (AvgIpc) is 3.00. The summed E-state index contributed by atoms with van der Waals surface area (Å²) in [5, 5.41) is 12.4. The molecule has 0 atom stereocenters. The first kappa shape index (κ1) is 20.9. The highest BCUT2D eigenvalue weighted by Crippen LogP contribution is 2.26. The van der Waals surface area contributed by atoms with Gasteiger partial charge in [0.2, 0.25) is 0 Å². The van der Waals surface area contributed by atoms with E-state index in [4.69, 9.17) is 4.74 Å². The lowest BCUT2D eigenvalue weighted by molar-refractivity contribution is -0.112. The number of carbonyl (C=O) groups is 1. The number of rotatable bonds is 5. The van der Waals surface area contributed by atoms with Gasteiger partial charge in [-0.25, -0.2) is 0 Å². The summed E-state index contributed by atoms with van der Waals surface area (Å²) in [5.41, 5.74) is 6.90. The summed E-state index contributed by atoms with van der Waals surface area (Å²) in [6.07, 6.45) is 1.64. The monoisotopic (exact) mass is 399 g/mol. The van der Waals surface area contributed by atoms with E-state index >= 15 is 0 Å². The Morgan fingerprint density at radius 3 is 2.57 bits per heavy atom. The Hall–Kier alpha value is -3.78. The molecule has 1 aromatic heterocycles. The molecule has 5 nitrogen and oxygen atoms in total. The fraction of sp³-hybridized carbons (Fsp3) is 0.200. The molecule has 0 aliphatic heterocycles. The Bertz CT molecular complexity index is 1180. The summed E-state index contributed by atoms with van der Waals surface area (Å²) in [4.78, 5) is 12.7. The van der Waals surface area contributed by atoms with Crippen molar-refractivity contribution in [3.63, 3.8) is 0 Å². The van der Waals surface area contributed by atoms with E-state index in [-0.39, 0.29) is 5.57 Å². The maximum absolute atomic E-state index is 12.7. The molecule has 1 heterocycles. The van der Waals surface area contributed by atoms with E-state index in [1.165, 1.54) is 5.56 Å². The summed E-state index contributed by atoms with van der Waals surface area (Å²) >= 11 is 0. The zero-order valence-electron chi connectivity index (χ0n) is 17.9. The molecular formula is C25H25N3O2. The van der Waals surface area contributed by atoms with Crippen LogP contribution in [0.4, 0.5) is 5.69 Å². The lowest BCUT2D eigenvalue weighted by atomic mass is 10.1. The molecule has 30 heavy (non-hydrogen) atoms. The Morgan fingerprint density at radius 1 is 1.10 bits per heavy atom. The number of methoxy groups -OCH3 is 1. The predicted octanol–water partition coefficient (Wildman–Crippen LogP) is 5.27. The first-order valence-corrected chi connectivity index (χ1v) is 9.68. The third-order valence-electron chi connectivity index (χ3n) is 5.07. The van der Waals surface area contributed by atoms with Crippen molar-refractivity contribution in [2.45, 2.75) is 27.7 Å². The molecule has 1 N–H and O–H groups in total. The van der Waals surface area contributed by atoms with Crippen molar-refractivity contribution in [1.29, 1.82) is 5.26 Å². The second-order valence-corrected chi connectivity index (χ2v) is 7.31. The molecule has 0 radical (unpaired) electrons. The maximum atomic E-state index is 12.7. The molecule has 0 bridgehead atoms. The smallest absolute Gasteiger partial charge is 0.266 e. The van der Waals surface area contributed by atoms with Crippen LogP contribution in [0, 0.1) is 39.0 Å². The van der Waals surface area contributed by atoms with Crippen LogP contribution < -0.4 is 10.1 Å². The van der Waals surface area contributed by atoms with Crippen LogP contribution in [0.25, 0.3) is 11.8 Å². The van der Waals surface area contributed by atoms with Crippen molar-refractivity contribution in [3.8, 4) is 17.5 Å². The molecule has 5 heteroatoms. The number of aromatic nitrogens is 1. The van der Waals surface area contributed by atoms with Crippen LogP contribution in [0.3, 0.4) is 0 Å². The first-order valence-electron chi connectivity index (χ1n) is 9.68. The number of hydrogen-bond acceptors (Lipinski definition) is 3. The second kappa shape index (κ2) is 8.71. The maximum Gasteiger partial charge on any atom is 0.266 e. The molecule has 0 aliphatic carbocycles. The Morgan fingerprint density at radius 2 is 1.87 bits per heavy atom. The van der Waals surface area contributed by atoms with Gasteiger partial charge in [-0.15, -0.1) is 0 Å². The van der Waals surface area contributed by atoms with Crippen LogP contribution in [0.2, 0.25) is 0 Å². The van der Waals surface area contributed by atoms with E-state index in [1.807, 2.05) is 26.0 Å². The largest absolute Gasteiger partial charge is 0.497 e. The van der Waals surface area contributed by atoms with E-state index < -0.39 is 5.91 Å². The van der Waals surface area contributed by atoms with Gasteiger partial charge in [0.15, 0.2) is 0 Å². The second-order valence-electron chi connectivity index (χ2n) is 7.31. The first-order chi connectivity index (χ1) is 14.3. The molecule has 0 unspecified atom stereocenters. The summed E-state index contributed by atoms with van der Waals surface area (Å²) in [6, 6.07) is 17.4. The summed E-state index contributed by atoms with van der Waals surface area (Å²) < 4.78 is 7.33. The summed E-state index contributed by atoms with van der Waals surface area (Å²) in [6.45, 7) is 8.16. The number of hydrogen-bond donors (Lipinski definition) is 1. The van der Waals surface area contributed by atoms with E-state index in [2.05, 4.69) is 41.9 Å². The van der Waals surface area contributed by atoms with Crippen molar-refractivity contribution >= 4 is 17.7 Å². The Kier molecular flexibility index (Phi) is 6.08. The molecule has 1 amide bonds. The summed E-state index contributed by atoms with van der Waals surface area (Å²) in [5.74, 6) is 0.176. The fourth-order valence-corrected chi connectivity index (χ4v) is 3.47. The standard InChI is InChI=1S/C25H25N3O2/c1-16-9-10-17(2)24(11-16)28-18(3)12-20(19(28)4)13-21(15-26)25(29)27-22-7-6-8-23(14-22)30-5/h6-14H,1-5H3,(H,27,29)/b21-13-. The Balaban J connectivity index is 1.95. The van der Waals surface area contributed by atoms with Gasteiger partial charge < -0.3 is 14.6 Å². The third kappa shape index (κ3) is 4.28. The highest BCUT2D eigenvalue weighted by molar-refractivity contribution is 6.09. The van der Waals surface area contributed by atoms with E-state index in [0.717, 1.165) is 28.2 Å².